The number of hydrazone groups is 1. The number of benzene rings is 1. The predicted molar refractivity (Wildman–Crippen MR) is 104 cm³/mol. The molecule has 5 heteroatoms. The zero-order chi connectivity index (χ0) is 16.9. The summed E-state index contributed by atoms with van der Waals surface area (Å²) in [7, 11) is 0. The second-order valence-electron chi connectivity index (χ2n) is 6.28. The number of piperazine rings is 1. The van der Waals surface area contributed by atoms with Crippen LogP contribution in [0.2, 0.25) is 0 Å². The quantitative estimate of drug-likeness (QED) is 0.854. The normalized spacial score (nSPS) is 20.6. The van der Waals surface area contributed by atoms with Crippen LogP contribution in [0.15, 0.2) is 51.3 Å². The molecule has 0 amide bonds. The third kappa shape index (κ3) is 3.90. The Kier molecular flexibility index (Phi) is 5.74. The number of nitrogens with one attached hydrogen (secondary N) is 1. The average molecular weight is 389 g/mol. The van der Waals surface area contributed by atoms with Crippen LogP contribution in [-0.4, -0.2) is 42.2 Å². The Balaban J connectivity index is 1.63. The van der Waals surface area contributed by atoms with E-state index in [1.54, 1.807) is 0 Å². The van der Waals surface area contributed by atoms with E-state index in [9.17, 15) is 0 Å². The second-order valence-corrected chi connectivity index (χ2v) is 7.08. The van der Waals surface area contributed by atoms with E-state index >= 15 is 0 Å². The van der Waals surface area contributed by atoms with Gasteiger partial charge in [0.05, 0.1) is 22.1 Å². The van der Waals surface area contributed by atoms with Crippen molar-refractivity contribution >= 4 is 22.1 Å². The van der Waals surface area contributed by atoms with Gasteiger partial charge in [0.1, 0.15) is 0 Å². The van der Waals surface area contributed by atoms with Crippen LogP contribution >= 0.6 is 15.9 Å². The highest BCUT2D eigenvalue weighted by atomic mass is 79.9. The summed E-state index contributed by atoms with van der Waals surface area (Å²) >= 11 is 3.74. The molecule has 2 aliphatic heterocycles. The monoisotopic (exact) mass is 388 g/mol. The van der Waals surface area contributed by atoms with E-state index in [1.807, 2.05) is 6.21 Å². The van der Waals surface area contributed by atoms with Crippen LogP contribution in [0.4, 0.5) is 0 Å². The van der Waals surface area contributed by atoms with Gasteiger partial charge in [-0.3, -0.25) is 10.3 Å². The molecule has 0 unspecified atom stereocenters. The van der Waals surface area contributed by atoms with Gasteiger partial charge in [0.25, 0.3) is 0 Å². The highest BCUT2D eigenvalue weighted by molar-refractivity contribution is 9.12. The largest absolute Gasteiger partial charge is 0.367 e. The summed E-state index contributed by atoms with van der Waals surface area (Å²) in [5, 5.41) is 4.30. The van der Waals surface area contributed by atoms with Crippen LogP contribution in [0.25, 0.3) is 0 Å². The fourth-order valence-corrected chi connectivity index (χ4v) is 3.75. The van der Waals surface area contributed by atoms with Crippen LogP contribution in [0.1, 0.15) is 24.5 Å². The summed E-state index contributed by atoms with van der Waals surface area (Å²) in [6, 6.07) is 8.68. The molecular formula is C19H25BrN4. The molecule has 2 heterocycles. The SMILES string of the molecule is CC/C=C1/NN=CC(N2CCN(Cc3ccccc3C)CC2)=C1Br. The number of allylic oxidation sites excluding steroid dienone is 3. The van der Waals surface area contributed by atoms with Gasteiger partial charge >= 0.3 is 0 Å². The van der Waals surface area contributed by atoms with Crippen molar-refractivity contribution in [3.8, 4) is 0 Å². The molecule has 1 aromatic rings. The molecule has 24 heavy (non-hydrogen) atoms. The third-order valence-corrected chi connectivity index (χ3v) is 5.44. The third-order valence-electron chi connectivity index (χ3n) is 4.61. The van der Waals surface area contributed by atoms with Gasteiger partial charge < -0.3 is 4.90 Å². The standard InChI is InChI=1S/C19H25BrN4/c1-3-6-17-19(20)18(13-21-22-17)24-11-9-23(10-12-24)14-16-8-5-4-7-15(16)2/h4-8,13,22H,3,9-12,14H2,1-2H3/b17-6+. The Bertz CT molecular complexity index is 670. The Hall–Kier alpha value is -1.59. The number of hydrogen-bond donors (Lipinski definition) is 1. The minimum Gasteiger partial charge on any atom is -0.367 e. The van der Waals surface area contributed by atoms with Crippen molar-refractivity contribution < 1.29 is 0 Å². The zero-order valence-corrected chi connectivity index (χ0v) is 16.0. The zero-order valence-electron chi connectivity index (χ0n) is 14.4. The highest BCUT2D eigenvalue weighted by Gasteiger charge is 2.22. The minimum absolute atomic E-state index is 0.991. The smallest absolute Gasteiger partial charge is 0.0737 e. The predicted octanol–water partition coefficient (Wildman–Crippen LogP) is 3.60. The molecule has 0 atom stereocenters. The number of aryl methyl sites for hydroxylation is 1. The molecule has 1 saturated heterocycles. The van der Waals surface area contributed by atoms with Gasteiger partial charge in [0.15, 0.2) is 0 Å². The molecule has 0 radical (unpaired) electrons. The van der Waals surface area contributed by atoms with Gasteiger partial charge in [0, 0.05) is 32.7 Å². The van der Waals surface area contributed by atoms with Crippen LogP contribution < -0.4 is 5.43 Å². The summed E-state index contributed by atoms with van der Waals surface area (Å²) < 4.78 is 1.12. The van der Waals surface area contributed by atoms with Crippen molar-refractivity contribution in [2.24, 2.45) is 5.10 Å². The molecule has 128 valence electrons. The molecule has 1 aromatic carbocycles. The maximum atomic E-state index is 4.30. The summed E-state index contributed by atoms with van der Waals surface area (Å²) in [6.07, 6.45) is 5.08. The van der Waals surface area contributed by atoms with Crippen molar-refractivity contribution in [3.05, 3.63) is 57.3 Å². The maximum Gasteiger partial charge on any atom is 0.0737 e. The van der Waals surface area contributed by atoms with E-state index in [1.165, 1.54) is 16.8 Å². The minimum atomic E-state index is 0.991. The van der Waals surface area contributed by atoms with Crippen molar-refractivity contribution in [3.63, 3.8) is 0 Å². The lowest BCUT2D eigenvalue weighted by Crippen LogP contribution is -2.46. The lowest BCUT2D eigenvalue weighted by molar-refractivity contribution is 0.157. The highest BCUT2D eigenvalue weighted by Crippen LogP contribution is 2.25. The number of hydrogen-bond acceptors (Lipinski definition) is 4. The number of nitrogens with zero attached hydrogens (tertiary/aromatic N) is 3. The molecule has 0 aliphatic carbocycles. The molecule has 0 spiro atoms. The number of halogens is 1. The summed E-state index contributed by atoms with van der Waals surface area (Å²) in [6.45, 7) is 9.58. The molecule has 2 aliphatic rings. The Morgan fingerprint density at radius 1 is 1.21 bits per heavy atom. The Morgan fingerprint density at radius 3 is 2.67 bits per heavy atom. The van der Waals surface area contributed by atoms with E-state index in [0.717, 1.165) is 49.3 Å². The van der Waals surface area contributed by atoms with E-state index in [2.05, 4.69) is 80.4 Å². The van der Waals surface area contributed by atoms with E-state index < -0.39 is 0 Å². The first kappa shape index (κ1) is 17.2. The van der Waals surface area contributed by atoms with E-state index in [0.29, 0.717) is 0 Å². The Labute approximate surface area is 153 Å². The fraction of sp³-hybridized carbons (Fsp3) is 0.421. The van der Waals surface area contributed by atoms with Crippen molar-refractivity contribution in [2.45, 2.75) is 26.8 Å². The van der Waals surface area contributed by atoms with Gasteiger partial charge in [-0.15, -0.1) is 0 Å². The van der Waals surface area contributed by atoms with Gasteiger partial charge in [-0.05, 0) is 40.4 Å². The summed E-state index contributed by atoms with van der Waals surface area (Å²) in [5.41, 5.74) is 8.14. The fourth-order valence-electron chi connectivity index (χ4n) is 3.14. The molecule has 0 aromatic heterocycles. The maximum absolute atomic E-state index is 4.30. The molecule has 0 bridgehead atoms. The molecule has 1 fully saturated rings. The average Bonchev–Trinajstić information content (AvgIpc) is 2.60. The van der Waals surface area contributed by atoms with Crippen LogP contribution in [0, 0.1) is 6.92 Å². The van der Waals surface area contributed by atoms with Crippen LogP contribution in [0.5, 0.6) is 0 Å². The number of rotatable bonds is 4. The summed E-state index contributed by atoms with van der Waals surface area (Å²) in [4.78, 5) is 4.96. The van der Waals surface area contributed by atoms with E-state index in [-0.39, 0.29) is 0 Å². The van der Waals surface area contributed by atoms with E-state index in [4.69, 9.17) is 0 Å². The van der Waals surface area contributed by atoms with Crippen molar-refractivity contribution in [2.75, 3.05) is 26.2 Å². The van der Waals surface area contributed by atoms with Gasteiger partial charge in [-0.25, -0.2) is 0 Å². The lowest BCUT2D eigenvalue weighted by Gasteiger charge is -2.37. The first-order valence-electron chi connectivity index (χ1n) is 8.60. The lowest BCUT2D eigenvalue weighted by atomic mass is 10.1. The van der Waals surface area contributed by atoms with Crippen LogP contribution in [-0.2, 0) is 6.54 Å². The van der Waals surface area contributed by atoms with Gasteiger partial charge in [0.2, 0.25) is 0 Å². The summed E-state index contributed by atoms with van der Waals surface area (Å²) in [5.74, 6) is 0. The van der Waals surface area contributed by atoms with Crippen molar-refractivity contribution in [1.82, 2.24) is 15.2 Å². The Morgan fingerprint density at radius 2 is 1.96 bits per heavy atom. The first-order valence-corrected chi connectivity index (χ1v) is 9.39. The molecule has 1 N–H and O–H groups in total. The first-order chi connectivity index (χ1) is 11.7. The van der Waals surface area contributed by atoms with Gasteiger partial charge in [-0.2, -0.15) is 5.10 Å². The molecular weight excluding hydrogens is 364 g/mol. The molecule has 0 saturated carbocycles. The molecule has 4 nitrogen and oxygen atoms in total. The molecule has 3 rings (SSSR count). The van der Waals surface area contributed by atoms with Crippen molar-refractivity contribution in [1.29, 1.82) is 0 Å². The van der Waals surface area contributed by atoms with Gasteiger partial charge in [-0.1, -0.05) is 37.3 Å². The second kappa shape index (κ2) is 7.99. The van der Waals surface area contributed by atoms with Crippen LogP contribution in [0.3, 0.4) is 0 Å². The topological polar surface area (TPSA) is 30.9 Å².